The number of ether oxygens (including phenoxy) is 1. The van der Waals surface area contributed by atoms with E-state index in [2.05, 4.69) is 5.10 Å². The first-order valence-electron chi connectivity index (χ1n) is 9.59. The number of carbonyl (C=O) groups excluding carboxylic acids is 1. The van der Waals surface area contributed by atoms with Crippen LogP contribution in [0.25, 0.3) is 0 Å². The minimum absolute atomic E-state index is 0.0418. The molecule has 1 aromatic heterocycles. The van der Waals surface area contributed by atoms with Crippen LogP contribution < -0.4 is 4.74 Å². The van der Waals surface area contributed by atoms with Gasteiger partial charge in [-0.15, -0.1) is 0 Å². The molecule has 28 heavy (non-hydrogen) atoms. The number of carbonyl (C=O) groups is 1. The van der Waals surface area contributed by atoms with Gasteiger partial charge in [-0.05, 0) is 64.8 Å². The molecule has 0 amide bonds. The van der Waals surface area contributed by atoms with Crippen LogP contribution in [0.4, 0.5) is 0 Å². The zero-order valence-electron chi connectivity index (χ0n) is 16.8. The van der Waals surface area contributed by atoms with Crippen molar-refractivity contribution in [2.45, 2.75) is 58.0 Å². The lowest BCUT2D eigenvalue weighted by atomic mass is 10.2. The van der Waals surface area contributed by atoms with Crippen LogP contribution in [0.15, 0.2) is 29.2 Å². The molecular weight excluding hydrogens is 378 g/mol. The van der Waals surface area contributed by atoms with Gasteiger partial charge in [0, 0.05) is 18.7 Å². The lowest BCUT2D eigenvalue weighted by molar-refractivity contribution is 0.0942. The highest BCUT2D eigenvalue weighted by Gasteiger charge is 2.32. The molecule has 1 aromatic carbocycles. The van der Waals surface area contributed by atoms with Crippen molar-refractivity contribution in [3.8, 4) is 5.75 Å². The normalized spacial score (nSPS) is 15.8. The summed E-state index contributed by atoms with van der Waals surface area (Å²) < 4.78 is 34.5. The van der Waals surface area contributed by atoms with Crippen LogP contribution in [0.3, 0.4) is 0 Å². The first-order chi connectivity index (χ1) is 13.2. The molecule has 1 aliphatic rings. The Kier molecular flexibility index (Phi) is 5.90. The van der Waals surface area contributed by atoms with Crippen molar-refractivity contribution in [2.24, 2.45) is 0 Å². The van der Waals surface area contributed by atoms with Crippen molar-refractivity contribution < 1.29 is 17.9 Å². The number of nitrogens with zero attached hydrogens (tertiary/aromatic N) is 3. The second-order valence-corrected chi connectivity index (χ2v) is 9.25. The molecule has 0 N–H and O–H groups in total. The summed E-state index contributed by atoms with van der Waals surface area (Å²) in [6.07, 6.45) is 2.79. The van der Waals surface area contributed by atoms with Crippen LogP contribution in [0.1, 0.15) is 54.9 Å². The Morgan fingerprint density at radius 2 is 1.68 bits per heavy atom. The molecule has 8 heteroatoms. The Labute approximate surface area is 166 Å². The maximum Gasteiger partial charge on any atom is 0.278 e. The average Bonchev–Trinajstić information content (AvgIpc) is 2.97. The van der Waals surface area contributed by atoms with Gasteiger partial charge in [0.25, 0.3) is 5.91 Å². The van der Waals surface area contributed by atoms with E-state index in [0.29, 0.717) is 35.8 Å². The molecular formula is C20H27N3O4S. The summed E-state index contributed by atoms with van der Waals surface area (Å²) >= 11 is 0. The fourth-order valence-corrected chi connectivity index (χ4v) is 5.38. The molecule has 0 atom stereocenters. The topological polar surface area (TPSA) is 81.5 Å². The molecule has 0 bridgehead atoms. The van der Waals surface area contributed by atoms with Crippen molar-refractivity contribution in [2.75, 3.05) is 13.1 Å². The quantitative estimate of drug-likeness (QED) is 0.763. The maximum atomic E-state index is 13.1. The summed E-state index contributed by atoms with van der Waals surface area (Å²) in [5.41, 5.74) is 1.11. The van der Waals surface area contributed by atoms with Gasteiger partial charge in [-0.3, -0.25) is 4.79 Å². The lowest BCUT2D eigenvalue weighted by Crippen LogP contribution is -2.36. The summed E-state index contributed by atoms with van der Waals surface area (Å²) in [5.74, 6) is 0.310. The standard InChI is InChI=1S/C20H27N3O4S/c1-14(2)27-18-10-8-17(9-11-18)20(24)23-16(4)19(15(3)21-23)28(25,26)22-12-6-5-7-13-22/h8-11,14H,5-7,12-13H2,1-4H3. The molecule has 1 saturated heterocycles. The molecule has 2 heterocycles. The second-order valence-electron chi connectivity index (χ2n) is 7.37. The van der Waals surface area contributed by atoms with Crippen molar-refractivity contribution in [3.63, 3.8) is 0 Å². The van der Waals surface area contributed by atoms with Crippen LogP contribution in [0.2, 0.25) is 0 Å². The molecule has 152 valence electrons. The third kappa shape index (κ3) is 3.98. The van der Waals surface area contributed by atoms with E-state index in [0.717, 1.165) is 19.3 Å². The second kappa shape index (κ2) is 8.05. The molecule has 0 radical (unpaired) electrons. The predicted molar refractivity (Wildman–Crippen MR) is 106 cm³/mol. The summed E-state index contributed by atoms with van der Waals surface area (Å²) in [6.45, 7) is 8.14. The minimum atomic E-state index is -3.66. The van der Waals surface area contributed by atoms with Gasteiger partial charge in [0.15, 0.2) is 0 Å². The predicted octanol–water partition coefficient (Wildman–Crippen LogP) is 3.15. The smallest absolute Gasteiger partial charge is 0.278 e. The van der Waals surface area contributed by atoms with E-state index in [9.17, 15) is 13.2 Å². The summed E-state index contributed by atoms with van der Waals surface area (Å²) in [4.78, 5) is 13.1. The van der Waals surface area contributed by atoms with E-state index in [-0.39, 0.29) is 16.9 Å². The molecule has 3 rings (SSSR count). The van der Waals surface area contributed by atoms with E-state index < -0.39 is 10.0 Å². The third-order valence-corrected chi connectivity index (χ3v) is 6.95. The molecule has 2 aromatic rings. The SMILES string of the molecule is Cc1nn(C(=O)c2ccc(OC(C)C)cc2)c(C)c1S(=O)(=O)N1CCCCC1. The number of hydrogen-bond acceptors (Lipinski definition) is 5. The minimum Gasteiger partial charge on any atom is -0.491 e. The van der Waals surface area contributed by atoms with E-state index in [1.807, 2.05) is 13.8 Å². The largest absolute Gasteiger partial charge is 0.491 e. The fourth-order valence-electron chi connectivity index (χ4n) is 3.50. The molecule has 0 aliphatic carbocycles. The van der Waals surface area contributed by atoms with E-state index in [4.69, 9.17) is 4.74 Å². The molecule has 0 unspecified atom stereocenters. The number of benzene rings is 1. The van der Waals surface area contributed by atoms with Crippen LogP contribution >= 0.6 is 0 Å². The third-order valence-electron chi connectivity index (χ3n) is 4.80. The lowest BCUT2D eigenvalue weighted by Gasteiger charge is -2.25. The summed E-state index contributed by atoms with van der Waals surface area (Å²) in [7, 11) is -3.66. The summed E-state index contributed by atoms with van der Waals surface area (Å²) in [6, 6.07) is 6.78. The number of rotatable bonds is 5. The molecule has 1 aliphatic heterocycles. The Balaban J connectivity index is 1.91. The van der Waals surface area contributed by atoms with E-state index >= 15 is 0 Å². The van der Waals surface area contributed by atoms with Crippen LogP contribution in [0, 0.1) is 13.8 Å². The zero-order valence-corrected chi connectivity index (χ0v) is 17.6. The molecule has 1 fully saturated rings. The fraction of sp³-hybridized carbons (Fsp3) is 0.500. The van der Waals surface area contributed by atoms with Crippen LogP contribution in [0.5, 0.6) is 5.75 Å². The van der Waals surface area contributed by atoms with Gasteiger partial charge in [-0.2, -0.15) is 14.1 Å². The van der Waals surface area contributed by atoms with Crippen LogP contribution in [-0.4, -0.2) is 47.6 Å². The van der Waals surface area contributed by atoms with Gasteiger partial charge < -0.3 is 4.74 Å². The highest BCUT2D eigenvalue weighted by molar-refractivity contribution is 7.89. The average molecular weight is 406 g/mol. The maximum absolute atomic E-state index is 13.1. The Morgan fingerprint density at radius 1 is 1.07 bits per heavy atom. The highest BCUT2D eigenvalue weighted by Crippen LogP contribution is 2.26. The highest BCUT2D eigenvalue weighted by atomic mass is 32.2. The van der Waals surface area contributed by atoms with Gasteiger partial charge >= 0.3 is 0 Å². The number of aromatic nitrogens is 2. The monoisotopic (exact) mass is 405 g/mol. The molecule has 0 saturated carbocycles. The Morgan fingerprint density at radius 3 is 2.25 bits per heavy atom. The number of piperidine rings is 1. The van der Waals surface area contributed by atoms with Gasteiger partial charge in [-0.1, -0.05) is 6.42 Å². The van der Waals surface area contributed by atoms with Crippen molar-refractivity contribution >= 4 is 15.9 Å². The number of hydrogen-bond donors (Lipinski definition) is 0. The van der Waals surface area contributed by atoms with Crippen molar-refractivity contribution in [1.82, 2.24) is 14.1 Å². The van der Waals surface area contributed by atoms with Gasteiger partial charge in [0.1, 0.15) is 10.6 Å². The Hall–Kier alpha value is -2.19. The summed E-state index contributed by atoms with van der Waals surface area (Å²) in [5, 5.41) is 4.25. The molecule has 7 nitrogen and oxygen atoms in total. The van der Waals surface area contributed by atoms with E-state index in [1.54, 1.807) is 38.1 Å². The first kappa shape index (κ1) is 20.5. The van der Waals surface area contributed by atoms with Gasteiger partial charge in [0.2, 0.25) is 10.0 Å². The van der Waals surface area contributed by atoms with Crippen molar-refractivity contribution in [3.05, 3.63) is 41.2 Å². The first-order valence-corrected chi connectivity index (χ1v) is 11.0. The van der Waals surface area contributed by atoms with Gasteiger partial charge in [0.05, 0.1) is 17.5 Å². The zero-order chi connectivity index (χ0) is 20.5. The number of aryl methyl sites for hydroxylation is 1. The van der Waals surface area contributed by atoms with Crippen molar-refractivity contribution in [1.29, 1.82) is 0 Å². The molecule has 0 spiro atoms. The van der Waals surface area contributed by atoms with Crippen LogP contribution in [-0.2, 0) is 10.0 Å². The van der Waals surface area contributed by atoms with Gasteiger partial charge in [-0.25, -0.2) is 8.42 Å². The van der Waals surface area contributed by atoms with E-state index in [1.165, 1.54) is 8.99 Å². The Bertz CT molecular complexity index is 956. The number of sulfonamides is 1.